The highest BCUT2D eigenvalue weighted by atomic mass is 16.6. The molecule has 3 rings (SSSR count). The fourth-order valence-corrected chi connectivity index (χ4v) is 3.48. The Bertz CT molecular complexity index is 533. The van der Waals surface area contributed by atoms with Crippen LogP contribution in [0.2, 0.25) is 0 Å². The average molecular weight is 330 g/mol. The molecule has 0 saturated carbocycles. The first-order chi connectivity index (χ1) is 11.7. The summed E-state index contributed by atoms with van der Waals surface area (Å²) in [5.41, 5.74) is 0. The summed E-state index contributed by atoms with van der Waals surface area (Å²) in [7, 11) is 0. The number of carbonyl (C=O) groups excluding carboxylic acids is 2. The van der Waals surface area contributed by atoms with E-state index in [-0.39, 0.29) is 36.4 Å². The van der Waals surface area contributed by atoms with Gasteiger partial charge in [0.15, 0.2) is 0 Å². The Hall–Kier alpha value is -2.50. The highest BCUT2D eigenvalue weighted by molar-refractivity contribution is 5.74. The van der Waals surface area contributed by atoms with Gasteiger partial charge in [0.05, 0.1) is 37.4 Å². The van der Waals surface area contributed by atoms with Crippen molar-refractivity contribution in [1.82, 2.24) is 9.80 Å². The molecule has 128 valence electrons. The van der Waals surface area contributed by atoms with E-state index in [2.05, 4.69) is 0 Å². The highest BCUT2D eigenvalue weighted by Crippen LogP contribution is 2.34. The molecule has 6 nitrogen and oxygen atoms in total. The topological polar surface area (TPSA) is 59.1 Å². The van der Waals surface area contributed by atoms with Gasteiger partial charge < -0.3 is 9.47 Å². The van der Waals surface area contributed by atoms with E-state index >= 15 is 0 Å². The Kier molecular flexibility index (Phi) is 4.74. The second kappa shape index (κ2) is 6.95. The predicted octanol–water partition coefficient (Wildman–Crippen LogP) is 2.64. The van der Waals surface area contributed by atoms with Gasteiger partial charge in [-0.2, -0.15) is 0 Å². The molecule has 0 aromatic rings. The molecule has 0 aliphatic carbocycles. The Balaban J connectivity index is 2.05. The van der Waals surface area contributed by atoms with Crippen molar-refractivity contribution in [1.29, 1.82) is 0 Å². The first-order valence-electron chi connectivity index (χ1n) is 8.29. The molecule has 0 N–H and O–H groups in total. The SMILES string of the molecule is CCOC(=O)N1[C@@H]2C=CC=C[C@@H]1[C@@H]1C=CC=C[C@@H]2N1C(=O)OCC. The minimum absolute atomic E-state index is 0.305. The van der Waals surface area contributed by atoms with E-state index in [1.807, 2.05) is 48.6 Å². The quantitative estimate of drug-likeness (QED) is 0.781. The molecule has 3 heterocycles. The lowest BCUT2D eigenvalue weighted by Crippen LogP contribution is -2.68. The first kappa shape index (κ1) is 16.4. The fraction of sp³-hybridized carbons (Fsp3) is 0.444. The molecule has 2 amide bonds. The van der Waals surface area contributed by atoms with Crippen LogP contribution in [0.4, 0.5) is 9.59 Å². The van der Waals surface area contributed by atoms with Crippen molar-refractivity contribution in [2.24, 2.45) is 0 Å². The van der Waals surface area contributed by atoms with Crippen molar-refractivity contribution in [3.63, 3.8) is 0 Å². The Morgan fingerprint density at radius 3 is 1.25 bits per heavy atom. The van der Waals surface area contributed by atoms with E-state index < -0.39 is 0 Å². The number of fused-ring (bicyclic) bond motifs is 6. The van der Waals surface area contributed by atoms with Crippen molar-refractivity contribution in [2.45, 2.75) is 38.0 Å². The first-order valence-corrected chi connectivity index (χ1v) is 8.29. The summed E-state index contributed by atoms with van der Waals surface area (Å²) in [6, 6.07) is -1.22. The minimum atomic E-state index is -0.370. The number of hydrogen-bond acceptors (Lipinski definition) is 4. The summed E-state index contributed by atoms with van der Waals surface area (Å²) in [6.45, 7) is 4.19. The molecule has 0 aromatic heterocycles. The third-order valence-electron chi connectivity index (χ3n) is 4.40. The summed E-state index contributed by atoms with van der Waals surface area (Å²) in [6.07, 6.45) is 14.6. The molecule has 0 radical (unpaired) electrons. The third-order valence-corrected chi connectivity index (χ3v) is 4.40. The number of piperazine rings is 1. The zero-order valence-electron chi connectivity index (χ0n) is 13.9. The lowest BCUT2D eigenvalue weighted by Gasteiger charge is -2.51. The summed E-state index contributed by atoms with van der Waals surface area (Å²) >= 11 is 0. The van der Waals surface area contributed by atoms with Crippen molar-refractivity contribution in [2.75, 3.05) is 13.2 Å². The van der Waals surface area contributed by atoms with Crippen LogP contribution in [0.1, 0.15) is 13.8 Å². The zero-order valence-corrected chi connectivity index (χ0v) is 13.9. The van der Waals surface area contributed by atoms with E-state index in [1.165, 1.54) is 0 Å². The number of nitrogens with zero attached hydrogens (tertiary/aromatic N) is 2. The molecule has 0 spiro atoms. The molecule has 1 fully saturated rings. The number of hydrogen-bond donors (Lipinski definition) is 0. The van der Waals surface area contributed by atoms with Crippen LogP contribution in [-0.2, 0) is 9.47 Å². The minimum Gasteiger partial charge on any atom is -0.450 e. The molecule has 0 aromatic carbocycles. The van der Waals surface area contributed by atoms with E-state index in [9.17, 15) is 9.59 Å². The maximum Gasteiger partial charge on any atom is 0.410 e. The van der Waals surface area contributed by atoms with Gasteiger partial charge in [0.1, 0.15) is 0 Å². The molecular formula is C18H22N2O4. The summed E-state index contributed by atoms with van der Waals surface area (Å²) in [4.78, 5) is 28.6. The Labute approximate surface area is 141 Å². The average Bonchev–Trinajstić information content (AvgIpc) is 2.84. The number of ether oxygens (including phenoxy) is 2. The third kappa shape index (κ3) is 2.72. The van der Waals surface area contributed by atoms with Crippen molar-refractivity contribution < 1.29 is 19.1 Å². The zero-order chi connectivity index (χ0) is 17.1. The van der Waals surface area contributed by atoms with Gasteiger partial charge in [-0.1, -0.05) is 48.6 Å². The lowest BCUT2D eigenvalue weighted by atomic mass is 9.93. The number of allylic oxidation sites excluding steroid dienone is 4. The van der Waals surface area contributed by atoms with Gasteiger partial charge in [0.2, 0.25) is 0 Å². The monoisotopic (exact) mass is 330 g/mol. The van der Waals surface area contributed by atoms with Gasteiger partial charge >= 0.3 is 12.2 Å². The molecule has 1 saturated heterocycles. The van der Waals surface area contributed by atoms with Gasteiger partial charge in [0.25, 0.3) is 0 Å². The largest absolute Gasteiger partial charge is 0.450 e. The summed E-state index contributed by atoms with van der Waals surface area (Å²) in [5, 5.41) is 0. The standard InChI is InChI=1S/C18H22N2O4/c1-3-23-17(21)19-13-9-5-6-10-14(19)16-12-8-7-11-15(13)20(16)18(22)24-4-2/h5-16H,3-4H2,1-2H3/t13-,14-,15+,16+. The van der Waals surface area contributed by atoms with Crippen LogP contribution in [0.25, 0.3) is 0 Å². The maximum atomic E-state index is 12.6. The molecule has 24 heavy (non-hydrogen) atoms. The molecular weight excluding hydrogens is 308 g/mol. The lowest BCUT2D eigenvalue weighted by molar-refractivity contribution is -0.000659. The second-order valence-corrected chi connectivity index (χ2v) is 5.71. The maximum absolute atomic E-state index is 12.6. The van der Waals surface area contributed by atoms with Crippen LogP contribution >= 0.6 is 0 Å². The summed E-state index contributed by atoms with van der Waals surface area (Å²) in [5.74, 6) is 0. The van der Waals surface area contributed by atoms with Gasteiger partial charge in [-0.05, 0) is 13.8 Å². The van der Waals surface area contributed by atoms with Gasteiger partial charge in [0, 0.05) is 0 Å². The van der Waals surface area contributed by atoms with Crippen molar-refractivity contribution in [3.8, 4) is 0 Å². The fourth-order valence-electron chi connectivity index (χ4n) is 3.48. The van der Waals surface area contributed by atoms with Crippen LogP contribution < -0.4 is 0 Å². The van der Waals surface area contributed by atoms with E-state index in [0.29, 0.717) is 13.2 Å². The van der Waals surface area contributed by atoms with Crippen molar-refractivity contribution >= 4 is 12.2 Å². The molecule has 4 bridgehead atoms. The number of rotatable bonds is 2. The smallest absolute Gasteiger partial charge is 0.410 e. The van der Waals surface area contributed by atoms with Gasteiger partial charge in [-0.15, -0.1) is 0 Å². The van der Waals surface area contributed by atoms with Crippen molar-refractivity contribution in [3.05, 3.63) is 48.6 Å². The van der Waals surface area contributed by atoms with Gasteiger partial charge in [-0.3, -0.25) is 9.80 Å². The normalized spacial score (nSPS) is 29.9. The number of amides is 2. The molecule has 4 atom stereocenters. The molecule has 3 aliphatic rings. The van der Waals surface area contributed by atoms with Crippen LogP contribution in [0.3, 0.4) is 0 Å². The van der Waals surface area contributed by atoms with Gasteiger partial charge in [-0.25, -0.2) is 9.59 Å². The second-order valence-electron chi connectivity index (χ2n) is 5.71. The van der Waals surface area contributed by atoms with Crippen LogP contribution in [0.15, 0.2) is 48.6 Å². The molecule has 6 heteroatoms. The highest BCUT2D eigenvalue weighted by Gasteiger charge is 2.50. The Morgan fingerprint density at radius 2 is 1.00 bits per heavy atom. The Morgan fingerprint density at radius 1 is 0.708 bits per heavy atom. The summed E-state index contributed by atoms with van der Waals surface area (Å²) < 4.78 is 10.5. The molecule has 0 unspecified atom stereocenters. The van der Waals surface area contributed by atoms with Crippen LogP contribution in [0.5, 0.6) is 0 Å². The predicted molar refractivity (Wildman–Crippen MR) is 89.4 cm³/mol. The van der Waals surface area contributed by atoms with E-state index in [1.54, 1.807) is 23.6 Å². The number of carbonyl (C=O) groups is 2. The van der Waals surface area contributed by atoms with Crippen LogP contribution in [-0.4, -0.2) is 59.4 Å². The molecule has 3 aliphatic heterocycles. The van der Waals surface area contributed by atoms with Crippen LogP contribution in [0, 0.1) is 0 Å². The van der Waals surface area contributed by atoms with E-state index in [0.717, 1.165) is 0 Å². The van der Waals surface area contributed by atoms with E-state index in [4.69, 9.17) is 9.47 Å².